The number of nitrogens with zero attached hydrogens (tertiary/aromatic N) is 1. The standard InChI is InChI=1S/C7H14N2O2S/c1-4-5(6(10)8-2)7(9-11)12-3/h5,11H,4H2,1-3H3,(H,8,10)/b9-7-. The summed E-state index contributed by atoms with van der Waals surface area (Å²) in [6.45, 7) is 1.88. The third kappa shape index (κ3) is 2.73. The van der Waals surface area contributed by atoms with Gasteiger partial charge in [-0.05, 0) is 12.7 Å². The second-order valence-electron chi connectivity index (χ2n) is 2.22. The van der Waals surface area contributed by atoms with Crippen molar-refractivity contribution < 1.29 is 10.0 Å². The maximum Gasteiger partial charge on any atom is 0.229 e. The Balaban J connectivity index is 4.42. The minimum Gasteiger partial charge on any atom is -0.410 e. The van der Waals surface area contributed by atoms with Crippen LogP contribution in [0.25, 0.3) is 0 Å². The van der Waals surface area contributed by atoms with Crippen molar-refractivity contribution in [3.8, 4) is 0 Å². The fourth-order valence-electron chi connectivity index (χ4n) is 0.899. The van der Waals surface area contributed by atoms with Crippen LogP contribution >= 0.6 is 11.8 Å². The van der Waals surface area contributed by atoms with Gasteiger partial charge in [-0.15, -0.1) is 11.8 Å². The summed E-state index contributed by atoms with van der Waals surface area (Å²) in [7, 11) is 1.57. The molecule has 0 spiro atoms. The lowest BCUT2D eigenvalue weighted by atomic mass is 10.1. The number of carbonyl (C=O) groups excluding carboxylic acids is 1. The van der Waals surface area contributed by atoms with Crippen LogP contribution in [0.1, 0.15) is 13.3 Å². The van der Waals surface area contributed by atoms with Crippen LogP contribution in [0, 0.1) is 5.92 Å². The van der Waals surface area contributed by atoms with E-state index in [2.05, 4.69) is 10.5 Å². The summed E-state index contributed by atoms with van der Waals surface area (Å²) < 4.78 is 0. The third-order valence-electron chi connectivity index (χ3n) is 1.58. The molecule has 0 bridgehead atoms. The molecule has 0 saturated carbocycles. The molecule has 0 saturated heterocycles. The topological polar surface area (TPSA) is 61.7 Å². The van der Waals surface area contributed by atoms with Gasteiger partial charge in [0.25, 0.3) is 0 Å². The van der Waals surface area contributed by atoms with Gasteiger partial charge in [-0.3, -0.25) is 4.79 Å². The maximum absolute atomic E-state index is 11.2. The number of rotatable bonds is 3. The van der Waals surface area contributed by atoms with Crippen LogP contribution in [0.3, 0.4) is 0 Å². The molecule has 70 valence electrons. The first-order valence-electron chi connectivity index (χ1n) is 3.68. The Hall–Kier alpha value is -0.710. The van der Waals surface area contributed by atoms with E-state index in [1.54, 1.807) is 13.3 Å². The first-order valence-corrected chi connectivity index (χ1v) is 4.91. The van der Waals surface area contributed by atoms with E-state index in [-0.39, 0.29) is 11.8 Å². The number of hydrogen-bond acceptors (Lipinski definition) is 4. The highest BCUT2D eigenvalue weighted by Crippen LogP contribution is 2.13. The smallest absolute Gasteiger partial charge is 0.229 e. The quantitative estimate of drug-likeness (QED) is 0.301. The van der Waals surface area contributed by atoms with Crippen molar-refractivity contribution in [2.45, 2.75) is 13.3 Å². The molecule has 1 unspecified atom stereocenters. The van der Waals surface area contributed by atoms with Crippen molar-refractivity contribution in [3.63, 3.8) is 0 Å². The van der Waals surface area contributed by atoms with Gasteiger partial charge in [-0.1, -0.05) is 12.1 Å². The van der Waals surface area contributed by atoms with Crippen molar-refractivity contribution in [1.29, 1.82) is 0 Å². The van der Waals surface area contributed by atoms with Crippen LogP contribution < -0.4 is 5.32 Å². The SMILES string of the molecule is CCC(C(=O)NC)/C(=N/O)SC. The van der Waals surface area contributed by atoms with E-state index in [4.69, 9.17) is 5.21 Å². The maximum atomic E-state index is 11.2. The molecule has 0 aliphatic rings. The van der Waals surface area contributed by atoms with Crippen molar-refractivity contribution in [2.75, 3.05) is 13.3 Å². The Bertz CT molecular complexity index is 182. The lowest BCUT2D eigenvalue weighted by molar-refractivity contribution is -0.122. The third-order valence-corrected chi connectivity index (χ3v) is 2.36. The summed E-state index contributed by atoms with van der Waals surface area (Å²) in [5.74, 6) is -0.436. The second-order valence-corrected chi connectivity index (χ2v) is 3.04. The molecule has 0 radical (unpaired) electrons. The number of carbonyl (C=O) groups is 1. The second kappa shape index (κ2) is 5.88. The highest BCUT2D eigenvalue weighted by atomic mass is 32.2. The Morgan fingerprint density at radius 2 is 2.33 bits per heavy atom. The van der Waals surface area contributed by atoms with E-state index in [0.717, 1.165) is 0 Å². The van der Waals surface area contributed by atoms with E-state index in [1.165, 1.54) is 11.8 Å². The number of hydrogen-bond donors (Lipinski definition) is 2. The molecule has 4 nitrogen and oxygen atoms in total. The molecule has 0 aliphatic carbocycles. The predicted molar refractivity (Wildman–Crippen MR) is 50.6 cm³/mol. The van der Waals surface area contributed by atoms with E-state index < -0.39 is 0 Å². The minimum absolute atomic E-state index is 0.111. The van der Waals surface area contributed by atoms with Crippen molar-refractivity contribution in [3.05, 3.63) is 0 Å². The highest BCUT2D eigenvalue weighted by molar-refractivity contribution is 8.13. The molecule has 0 aromatic carbocycles. The molecule has 1 amide bonds. The van der Waals surface area contributed by atoms with Gasteiger partial charge in [-0.25, -0.2) is 0 Å². The first kappa shape index (κ1) is 11.3. The molecule has 1 atom stereocenters. The van der Waals surface area contributed by atoms with Gasteiger partial charge >= 0.3 is 0 Å². The highest BCUT2D eigenvalue weighted by Gasteiger charge is 2.21. The van der Waals surface area contributed by atoms with Gasteiger partial charge < -0.3 is 10.5 Å². The van der Waals surface area contributed by atoms with Crippen LogP contribution in [0.15, 0.2) is 5.16 Å². The normalized spacial score (nSPS) is 14.1. The van der Waals surface area contributed by atoms with E-state index in [1.807, 2.05) is 6.92 Å². The van der Waals surface area contributed by atoms with Crippen molar-refractivity contribution >= 4 is 22.7 Å². The van der Waals surface area contributed by atoms with Gasteiger partial charge in [0.05, 0.1) is 5.92 Å². The first-order chi connectivity index (χ1) is 5.71. The van der Waals surface area contributed by atoms with E-state index in [0.29, 0.717) is 11.5 Å². The lowest BCUT2D eigenvalue weighted by Gasteiger charge is -2.12. The Kier molecular flexibility index (Phi) is 5.53. The summed E-state index contributed by atoms with van der Waals surface area (Å²) >= 11 is 1.29. The molecule has 2 N–H and O–H groups in total. The number of nitrogens with one attached hydrogen (secondary N) is 1. The molecule has 5 heteroatoms. The largest absolute Gasteiger partial charge is 0.410 e. The lowest BCUT2D eigenvalue weighted by Crippen LogP contribution is -2.31. The van der Waals surface area contributed by atoms with Gasteiger partial charge in [0.2, 0.25) is 5.91 Å². The van der Waals surface area contributed by atoms with Crippen LogP contribution in [-0.4, -0.2) is 29.5 Å². The summed E-state index contributed by atoms with van der Waals surface area (Å²) in [4.78, 5) is 11.2. The fraction of sp³-hybridized carbons (Fsp3) is 0.714. The van der Waals surface area contributed by atoms with Crippen LogP contribution in [0.4, 0.5) is 0 Å². The van der Waals surface area contributed by atoms with Crippen LogP contribution in [-0.2, 0) is 4.79 Å². The Morgan fingerprint density at radius 3 is 2.58 bits per heavy atom. The molecule has 0 heterocycles. The average molecular weight is 190 g/mol. The minimum atomic E-state index is -0.324. The van der Waals surface area contributed by atoms with E-state index in [9.17, 15) is 4.79 Å². The van der Waals surface area contributed by atoms with Crippen molar-refractivity contribution in [1.82, 2.24) is 5.32 Å². The summed E-state index contributed by atoms with van der Waals surface area (Å²) in [6, 6.07) is 0. The molecule has 0 aromatic rings. The van der Waals surface area contributed by atoms with Gasteiger partial charge in [0.1, 0.15) is 5.04 Å². The number of amides is 1. The monoisotopic (exact) mass is 190 g/mol. The van der Waals surface area contributed by atoms with Crippen molar-refractivity contribution in [2.24, 2.45) is 11.1 Å². The molecule has 0 fully saturated rings. The predicted octanol–water partition coefficient (Wildman–Crippen LogP) is 0.909. The number of thioether (sulfide) groups is 1. The van der Waals surface area contributed by atoms with Gasteiger partial charge in [0, 0.05) is 7.05 Å². The summed E-state index contributed by atoms with van der Waals surface area (Å²) in [6.07, 6.45) is 2.42. The molecular weight excluding hydrogens is 176 g/mol. The van der Waals surface area contributed by atoms with Crippen LogP contribution in [0.5, 0.6) is 0 Å². The Morgan fingerprint density at radius 1 is 1.75 bits per heavy atom. The Labute approximate surface area is 76.4 Å². The molecular formula is C7H14N2O2S. The average Bonchev–Trinajstić information content (AvgIpc) is 2.12. The molecule has 0 rings (SSSR count). The van der Waals surface area contributed by atoms with Crippen LogP contribution in [0.2, 0.25) is 0 Å². The molecule has 0 aliphatic heterocycles. The van der Waals surface area contributed by atoms with Gasteiger partial charge in [-0.2, -0.15) is 0 Å². The molecule has 12 heavy (non-hydrogen) atoms. The zero-order valence-electron chi connectivity index (χ0n) is 7.50. The van der Waals surface area contributed by atoms with Gasteiger partial charge in [0.15, 0.2) is 0 Å². The zero-order valence-corrected chi connectivity index (χ0v) is 8.31. The number of oxime groups is 1. The summed E-state index contributed by atoms with van der Waals surface area (Å²) in [5.41, 5.74) is 0. The zero-order chi connectivity index (χ0) is 9.56. The summed E-state index contributed by atoms with van der Waals surface area (Å²) in [5, 5.41) is 14.6. The molecule has 0 aromatic heterocycles. The van der Waals surface area contributed by atoms with E-state index >= 15 is 0 Å². The fourth-order valence-corrected chi connectivity index (χ4v) is 1.54.